The second-order valence-corrected chi connectivity index (χ2v) is 6.29. The van der Waals surface area contributed by atoms with Gasteiger partial charge in [0.1, 0.15) is 18.2 Å². The van der Waals surface area contributed by atoms with Crippen LogP contribution in [-0.2, 0) is 9.63 Å². The number of carbonyl (C=O) groups excluding carboxylic acids is 1. The quantitative estimate of drug-likeness (QED) is 0.775. The van der Waals surface area contributed by atoms with E-state index in [4.69, 9.17) is 21.2 Å². The number of nitrogens with zero attached hydrogens (tertiary/aromatic N) is 2. The van der Waals surface area contributed by atoms with Gasteiger partial charge in [0, 0.05) is 24.1 Å². The fraction of sp³-hybridized carbons (Fsp3) is 0.263. The molecule has 1 amide bonds. The number of benzene rings is 2. The average Bonchev–Trinajstić information content (AvgIpc) is 3.13. The van der Waals surface area contributed by atoms with Crippen molar-refractivity contribution in [2.45, 2.75) is 12.5 Å². The first-order valence-electron chi connectivity index (χ1n) is 8.15. The summed E-state index contributed by atoms with van der Waals surface area (Å²) in [4.78, 5) is 19.3. The van der Waals surface area contributed by atoms with Crippen molar-refractivity contribution >= 4 is 23.2 Å². The Hall–Kier alpha value is -2.60. The molecule has 0 aliphatic carbocycles. The number of oxime groups is 1. The topological polar surface area (TPSA) is 51.1 Å². The zero-order valence-corrected chi connectivity index (χ0v) is 14.9. The molecule has 0 bridgehead atoms. The predicted octanol–water partition coefficient (Wildman–Crippen LogP) is 3.51. The van der Waals surface area contributed by atoms with Gasteiger partial charge in [0.05, 0.1) is 12.3 Å². The number of halogens is 2. The number of hydrogen-bond donors (Lipinski definition) is 0. The van der Waals surface area contributed by atoms with Crippen molar-refractivity contribution in [1.82, 2.24) is 4.90 Å². The molecular weight excluding hydrogens is 359 g/mol. The third kappa shape index (κ3) is 4.32. The molecule has 1 heterocycles. The average molecular weight is 377 g/mol. The SMILES string of the molecule is CN(CCOc1ccc(F)cc1)C(=O)[C@H]1CC(c2ccccc2Cl)=NO1. The molecule has 0 saturated carbocycles. The van der Waals surface area contributed by atoms with Gasteiger partial charge in [-0.1, -0.05) is 35.0 Å². The third-order valence-corrected chi connectivity index (χ3v) is 4.34. The maximum absolute atomic E-state index is 12.9. The summed E-state index contributed by atoms with van der Waals surface area (Å²) in [6, 6.07) is 13.0. The highest BCUT2D eigenvalue weighted by Gasteiger charge is 2.31. The molecule has 2 aromatic carbocycles. The van der Waals surface area contributed by atoms with Crippen molar-refractivity contribution in [2.75, 3.05) is 20.2 Å². The molecule has 1 aliphatic heterocycles. The molecule has 0 unspecified atom stereocenters. The Morgan fingerprint density at radius 1 is 1.31 bits per heavy atom. The predicted molar refractivity (Wildman–Crippen MR) is 97.0 cm³/mol. The molecule has 26 heavy (non-hydrogen) atoms. The van der Waals surface area contributed by atoms with Crippen LogP contribution in [0, 0.1) is 5.82 Å². The minimum atomic E-state index is -0.669. The van der Waals surface area contributed by atoms with Gasteiger partial charge >= 0.3 is 0 Å². The van der Waals surface area contributed by atoms with E-state index in [-0.39, 0.29) is 11.7 Å². The van der Waals surface area contributed by atoms with E-state index in [0.29, 0.717) is 36.1 Å². The Balaban J connectivity index is 1.49. The molecular formula is C19H18ClFN2O3. The Labute approximate surface area is 156 Å². The molecule has 2 aromatic rings. The zero-order chi connectivity index (χ0) is 18.5. The second-order valence-electron chi connectivity index (χ2n) is 5.88. The van der Waals surface area contributed by atoms with E-state index in [9.17, 15) is 9.18 Å². The second kappa shape index (κ2) is 8.19. The molecule has 0 spiro atoms. The number of carbonyl (C=O) groups is 1. The molecule has 0 aromatic heterocycles. The summed E-state index contributed by atoms with van der Waals surface area (Å²) in [6.45, 7) is 0.663. The summed E-state index contributed by atoms with van der Waals surface area (Å²) in [5.74, 6) is 0.0459. The molecule has 7 heteroatoms. The molecule has 3 rings (SSSR count). The fourth-order valence-electron chi connectivity index (χ4n) is 2.55. The summed E-state index contributed by atoms with van der Waals surface area (Å²) < 4.78 is 18.4. The van der Waals surface area contributed by atoms with Crippen molar-refractivity contribution in [1.29, 1.82) is 0 Å². The van der Waals surface area contributed by atoms with Crippen LogP contribution < -0.4 is 4.74 Å². The van der Waals surface area contributed by atoms with Gasteiger partial charge in [-0.3, -0.25) is 4.79 Å². The first-order valence-corrected chi connectivity index (χ1v) is 8.53. The Morgan fingerprint density at radius 3 is 2.77 bits per heavy atom. The van der Waals surface area contributed by atoms with Crippen LogP contribution in [0.5, 0.6) is 5.75 Å². The largest absolute Gasteiger partial charge is 0.492 e. The first kappa shape index (κ1) is 18.2. The highest BCUT2D eigenvalue weighted by Crippen LogP contribution is 2.23. The van der Waals surface area contributed by atoms with Gasteiger partial charge in [-0.25, -0.2) is 4.39 Å². The molecule has 5 nitrogen and oxygen atoms in total. The first-order chi connectivity index (χ1) is 12.5. The van der Waals surface area contributed by atoms with E-state index in [1.807, 2.05) is 18.2 Å². The van der Waals surface area contributed by atoms with Gasteiger partial charge in [0.25, 0.3) is 5.91 Å². The molecule has 0 N–H and O–H groups in total. The van der Waals surface area contributed by atoms with E-state index in [2.05, 4.69) is 5.16 Å². The van der Waals surface area contributed by atoms with Gasteiger partial charge in [-0.05, 0) is 30.3 Å². The minimum absolute atomic E-state index is 0.182. The molecule has 0 radical (unpaired) electrons. The third-order valence-electron chi connectivity index (χ3n) is 4.01. The summed E-state index contributed by atoms with van der Waals surface area (Å²) in [5, 5.41) is 4.58. The van der Waals surface area contributed by atoms with E-state index in [1.165, 1.54) is 17.0 Å². The normalized spacial score (nSPS) is 16.0. The standard InChI is InChI=1S/C19H18ClFN2O3/c1-23(10-11-25-14-8-6-13(21)7-9-14)19(24)18-12-17(22-26-18)15-4-2-3-5-16(15)20/h2-9,18H,10-12H2,1H3/t18-/m1/s1. The number of hydrogen-bond acceptors (Lipinski definition) is 4. The molecule has 1 atom stereocenters. The zero-order valence-electron chi connectivity index (χ0n) is 14.2. The lowest BCUT2D eigenvalue weighted by Gasteiger charge is -2.20. The lowest BCUT2D eigenvalue weighted by atomic mass is 10.0. The summed E-state index contributed by atoms with van der Waals surface area (Å²) in [5.41, 5.74) is 1.43. The van der Waals surface area contributed by atoms with E-state index in [1.54, 1.807) is 25.2 Å². The molecule has 0 fully saturated rings. The van der Waals surface area contributed by atoms with Gasteiger partial charge < -0.3 is 14.5 Å². The van der Waals surface area contributed by atoms with Crippen LogP contribution in [0.1, 0.15) is 12.0 Å². The minimum Gasteiger partial charge on any atom is -0.492 e. The van der Waals surface area contributed by atoms with Crippen molar-refractivity contribution in [3.63, 3.8) is 0 Å². The van der Waals surface area contributed by atoms with E-state index < -0.39 is 6.10 Å². The molecule has 136 valence electrons. The number of amides is 1. The Morgan fingerprint density at radius 2 is 2.04 bits per heavy atom. The van der Waals surface area contributed by atoms with Gasteiger partial charge in [-0.15, -0.1) is 0 Å². The lowest BCUT2D eigenvalue weighted by Crippen LogP contribution is -2.38. The molecule has 0 saturated heterocycles. The maximum Gasteiger partial charge on any atom is 0.266 e. The van der Waals surface area contributed by atoms with Crippen LogP contribution in [-0.4, -0.2) is 42.8 Å². The Bertz CT molecular complexity index is 811. The van der Waals surface area contributed by atoms with E-state index in [0.717, 1.165) is 5.56 Å². The smallest absolute Gasteiger partial charge is 0.266 e. The number of ether oxygens (including phenoxy) is 1. The monoisotopic (exact) mass is 376 g/mol. The van der Waals surface area contributed by atoms with Crippen LogP contribution in [0.3, 0.4) is 0 Å². The summed E-state index contributed by atoms with van der Waals surface area (Å²) >= 11 is 6.16. The van der Waals surface area contributed by atoms with Crippen molar-refractivity contribution < 1.29 is 18.8 Å². The highest BCUT2D eigenvalue weighted by atomic mass is 35.5. The van der Waals surface area contributed by atoms with Crippen LogP contribution in [0.15, 0.2) is 53.7 Å². The lowest BCUT2D eigenvalue weighted by molar-refractivity contribution is -0.141. The maximum atomic E-state index is 12.9. The highest BCUT2D eigenvalue weighted by molar-refractivity contribution is 6.34. The Kier molecular flexibility index (Phi) is 5.73. The van der Waals surface area contributed by atoms with Crippen LogP contribution in [0.25, 0.3) is 0 Å². The summed E-state index contributed by atoms with van der Waals surface area (Å²) in [6.07, 6.45) is -0.303. The number of likely N-dealkylation sites (N-methyl/N-ethyl adjacent to an activating group) is 1. The van der Waals surface area contributed by atoms with Crippen LogP contribution in [0.2, 0.25) is 5.02 Å². The molecule has 1 aliphatic rings. The van der Waals surface area contributed by atoms with Gasteiger partial charge in [0.2, 0.25) is 6.10 Å². The van der Waals surface area contributed by atoms with Gasteiger partial charge in [-0.2, -0.15) is 0 Å². The van der Waals surface area contributed by atoms with E-state index >= 15 is 0 Å². The summed E-state index contributed by atoms with van der Waals surface area (Å²) in [7, 11) is 1.67. The van der Waals surface area contributed by atoms with Crippen LogP contribution in [0.4, 0.5) is 4.39 Å². The fourth-order valence-corrected chi connectivity index (χ4v) is 2.80. The van der Waals surface area contributed by atoms with Crippen molar-refractivity contribution in [2.24, 2.45) is 5.16 Å². The van der Waals surface area contributed by atoms with Crippen molar-refractivity contribution in [3.8, 4) is 5.75 Å². The van der Waals surface area contributed by atoms with Gasteiger partial charge in [0.15, 0.2) is 0 Å². The van der Waals surface area contributed by atoms with Crippen molar-refractivity contribution in [3.05, 3.63) is 64.9 Å². The van der Waals surface area contributed by atoms with Crippen LogP contribution >= 0.6 is 11.6 Å². The number of rotatable bonds is 6.